The van der Waals surface area contributed by atoms with Crippen molar-refractivity contribution in [2.45, 2.75) is 6.92 Å². The third-order valence-electron chi connectivity index (χ3n) is 4.17. The molecule has 1 heterocycles. The Morgan fingerprint density at radius 2 is 1.73 bits per heavy atom. The van der Waals surface area contributed by atoms with Crippen molar-refractivity contribution in [2.75, 3.05) is 5.43 Å². The van der Waals surface area contributed by atoms with Crippen molar-refractivity contribution in [3.63, 3.8) is 0 Å². The monoisotopic (exact) mass is 484 g/mol. The summed E-state index contributed by atoms with van der Waals surface area (Å²) in [4.78, 5) is 18.2. The number of hydrazone groups is 1. The van der Waals surface area contributed by atoms with Gasteiger partial charge in [0.05, 0.1) is 21.8 Å². The maximum absolute atomic E-state index is 9.87. The van der Waals surface area contributed by atoms with Crippen molar-refractivity contribution in [1.29, 1.82) is 0 Å². The van der Waals surface area contributed by atoms with E-state index in [4.69, 9.17) is 33.1 Å². The first-order chi connectivity index (χ1) is 15.7. The minimum Gasteiger partial charge on any atom is -0.508 e. The van der Waals surface area contributed by atoms with Crippen LogP contribution in [0.2, 0.25) is 10.0 Å². The van der Waals surface area contributed by atoms with Crippen LogP contribution in [0.15, 0.2) is 65.8 Å². The Hall–Kier alpha value is -3.88. The largest absolute Gasteiger partial charge is 0.508 e. The maximum atomic E-state index is 9.87. The number of hydrogen-bond acceptors (Lipinski definition) is 7. The van der Waals surface area contributed by atoms with Crippen LogP contribution >= 0.6 is 23.2 Å². The van der Waals surface area contributed by atoms with E-state index in [9.17, 15) is 10.2 Å². The number of aliphatic carboxylic acids is 1. The smallest absolute Gasteiger partial charge is 0.300 e. The third kappa shape index (κ3) is 6.31. The van der Waals surface area contributed by atoms with Gasteiger partial charge in [-0.05, 0) is 42.5 Å². The number of aromatic nitrogens is 2. The van der Waals surface area contributed by atoms with E-state index in [1.165, 1.54) is 18.3 Å². The van der Waals surface area contributed by atoms with Crippen molar-refractivity contribution in [3.8, 4) is 22.9 Å². The van der Waals surface area contributed by atoms with Gasteiger partial charge in [-0.15, -0.1) is 0 Å². The standard InChI is InChI=1S/C21H14Cl2N4O2.C2H4O2/c22-16-8-6-12(9-17(16)23)20-25-18-4-2-1-3-15(18)21(26-20)27-24-11-13-5-7-14(28)10-19(13)29;1-2(3)4/h1-11,28-29H,(H,25,26,27);1H3,(H,3,4). The van der Waals surface area contributed by atoms with Gasteiger partial charge in [0.15, 0.2) is 11.6 Å². The summed E-state index contributed by atoms with van der Waals surface area (Å²) < 4.78 is 0. The van der Waals surface area contributed by atoms with E-state index in [0.717, 1.165) is 17.8 Å². The Labute approximate surface area is 198 Å². The normalized spacial score (nSPS) is 10.6. The molecule has 3 aromatic carbocycles. The second-order valence-electron chi connectivity index (χ2n) is 6.67. The Bertz CT molecular complexity index is 1340. The van der Waals surface area contributed by atoms with Gasteiger partial charge in [0.2, 0.25) is 0 Å². The van der Waals surface area contributed by atoms with E-state index in [1.807, 2.05) is 24.3 Å². The number of nitrogens with zero attached hydrogens (tertiary/aromatic N) is 3. The molecular weight excluding hydrogens is 467 g/mol. The molecule has 4 aromatic rings. The molecule has 4 rings (SSSR count). The predicted molar refractivity (Wildman–Crippen MR) is 129 cm³/mol. The van der Waals surface area contributed by atoms with E-state index in [1.54, 1.807) is 24.3 Å². The van der Waals surface area contributed by atoms with Crippen molar-refractivity contribution in [3.05, 3.63) is 76.3 Å². The number of phenols is 2. The van der Waals surface area contributed by atoms with Crippen LogP contribution in [0.25, 0.3) is 22.3 Å². The van der Waals surface area contributed by atoms with Gasteiger partial charge in [0, 0.05) is 29.5 Å². The van der Waals surface area contributed by atoms with Gasteiger partial charge < -0.3 is 15.3 Å². The van der Waals surface area contributed by atoms with Crippen LogP contribution in [-0.2, 0) is 4.79 Å². The molecule has 0 radical (unpaired) electrons. The van der Waals surface area contributed by atoms with E-state index in [-0.39, 0.29) is 11.5 Å². The van der Waals surface area contributed by atoms with Gasteiger partial charge in [-0.25, -0.2) is 9.97 Å². The van der Waals surface area contributed by atoms with Crippen LogP contribution in [0, 0.1) is 0 Å². The molecule has 0 spiro atoms. The lowest BCUT2D eigenvalue weighted by molar-refractivity contribution is -0.134. The van der Waals surface area contributed by atoms with Gasteiger partial charge in [-0.2, -0.15) is 5.10 Å². The number of nitrogens with one attached hydrogen (secondary N) is 1. The highest BCUT2D eigenvalue weighted by Crippen LogP contribution is 2.29. The fourth-order valence-corrected chi connectivity index (χ4v) is 3.03. The summed E-state index contributed by atoms with van der Waals surface area (Å²) in [5.74, 6) is 0.0129. The number of anilines is 1. The molecule has 0 saturated heterocycles. The topological polar surface area (TPSA) is 128 Å². The highest BCUT2D eigenvalue weighted by atomic mass is 35.5. The summed E-state index contributed by atoms with van der Waals surface area (Å²) in [6.07, 6.45) is 1.44. The molecule has 1 aromatic heterocycles. The summed E-state index contributed by atoms with van der Waals surface area (Å²) in [6, 6.07) is 17.0. The Morgan fingerprint density at radius 3 is 2.42 bits per heavy atom. The predicted octanol–water partition coefficient (Wildman–Crippen LogP) is 5.55. The average Bonchev–Trinajstić information content (AvgIpc) is 2.76. The summed E-state index contributed by atoms with van der Waals surface area (Å²) in [7, 11) is 0. The number of hydrogen-bond donors (Lipinski definition) is 4. The van der Waals surface area contributed by atoms with Gasteiger partial charge in [0.25, 0.3) is 5.97 Å². The maximum Gasteiger partial charge on any atom is 0.300 e. The number of rotatable bonds is 4. The van der Waals surface area contributed by atoms with Gasteiger partial charge in [-0.3, -0.25) is 10.2 Å². The first-order valence-electron chi connectivity index (χ1n) is 9.47. The second-order valence-corrected chi connectivity index (χ2v) is 7.49. The molecule has 0 aliphatic heterocycles. The zero-order valence-corrected chi connectivity index (χ0v) is 18.7. The number of para-hydroxylation sites is 1. The van der Waals surface area contributed by atoms with Crippen LogP contribution in [0.4, 0.5) is 5.82 Å². The third-order valence-corrected chi connectivity index (χ3v) is 4.91. The quantitative estimate of drug-likeness (QED) is 0.220. The van der Waals surface area contributed by atoms with E-state index in [0.29, 0.717) is 32.8 Å². The van der Waals surface area contributed by atoms with Gasteiger partial charge >= 0.3 is 0 Å². The lowest BCUT2D eigenvalue weighted by atomic mass is 10.2. The van der Waals surface area contributed by atoms with Crippen molar-refractivity contribution in [1.82, 2.24) is 9.97 Å². The summed E-state index contributed by atoms with van der Waals surface area (Å²) in [6.45, 7) is 1.08. The van der Waals surface area contributed by atoms with E-state index in [2.05, 4.69) is 20.5 Å². The molecule has 33 heavy (non-hydrogen) atoms. The van der Waals surface area contributed by atoms with Crippen molar-refractivity contribution >= 4 is 52.1 Å². The zero-order valence-electron chi connectivity index (χ0n) is 17.2. The van der Waals surface area contributed by atoms with E-state index < -0.39 is 5.97 Å². The van der Waals surface area contributed by atoms with E-state index >= 15 is 0 Å². The van der Waals surface area contributed by atoms with Gasteiger partial charge in [0.1, 0.15) is 11.5 Å². The van der Waals surface area contributed by atoms with Crippen LogP contribution in [0.5, 0.6) is 11.5 Å². The SMILES string of the molecule is CC(=O)O.Oc1ccc(C=NNc2nc(-c3ccc(Cl)c(Cl)c3)nc3ccccc23)c(O)c1. The molecule has 0 bridgehead atoms. The first-order valence-corrected chi connectivity index (χ1v) is 10.2. The lowest BCUT2D eigenvalue weighted by Crippen LogP contribution is -1.99. The fraction of sp³-hybridized carbons (Fsp3) is 0.0435. The molecule has 0 aliphatic carbocycles. The van der Waals surface area contributed by atoms with Crippen LogP contribution in [0.3, 0.4) is 0 Å². The molecule has 8 nitrogen and oxygen atoms in total. The molecule has 0 amide bonds. The Balaban J connectivity index is 0.000000709. The lowest BCUT2D eigenvalue weighted by Gasteiger charge is -2.09. The second kappa shape index (κ2) is 10.6. The average molecular weight is 485 g/mol. The van der Waals surface area contributed by atoms with Gasteiger partial charge in [-0.1, -0.05) is 35.3 Å². The van der Waals surface area contributed by atoms with Crippen molar-refractivity contribution in [2.24, 2.45) is 5.10 Å². The molecule has 0 atom stereocenters. The number of carbonyl (C=O) groups is 1. The molecule has 0 saturated carbocycles. The molecule has 168 valence electrons. The summed E-state index contributed by atoms with van der Waals surface area (Å²) in [5, 5.41) is 32.5. The molecule has 0 fully saturated rings. The fourth-order valence-electron chi connectivity index (χ4n) is 2.73. The Kier molecular flexibility index (Phi) is 7.66. The highest BCUT2D eigenvalue weighted by molar-refractivity contribution is 6.42. The number of carboxylic acid groups (broad SMARTS) is 1. The highest BCUT2D eigenvalue weighted by Gasteiger charge is 2.10. The van der Waals surface area contributed by atoms with Crippen molar-refractivity contribution < 1.29 is 20.1 Å². The summed E-state index contributed by atoms with van der Waals surface area (Å²) >= 11 is 12.1. The van der Waals surface area contributed by atoms with Crippen LogP contribution in [0.1, 0.15) is 12.5 Å². The number of benzene rings is 3. The molecule has 10 heteroatoms. The van der Waals surface area contributed by atoms with Crippen LogP contribution < -0.4 is 5.43 Å². The number of aromatic hydroxyl groups is 2. The molecule has 0 aliphatic rings. The van der Waals surface area contributed by atoms with Crippen LogP contribution in [-0.4, -0.2) is 37.5 Å². The number of carboxylic acids is 1. The number of phenolic OH excluding ortho intramolecular Hbond substituents is 2. The molecule has 0 unspecified atom stereocenters. The zero-order chi connectivity index (χ0) is 24.0. The minimum absolute atomic E-state index is 0.0272. The minimum atomic E-state index is -0.833. The molecule has 4 N–H and O–H groups in total. The number of fused-ring (bicyclic) bond motifs is 1. The Morgan fingerprint density at radius 1 is 1.00 bits per heavy atom. The summed E-state index contributed by atoms with van der Waals surface area (Å²) in [5.41, 5.74) is 4.79. The molecular formula is C23H18Cl2N4O4. The number of halogens is 2. The first kappa shape index (κ1) is 23.8.